The molecule has 0 spiro atoms. The van der Waals surface area contributed by atoms with Crippen molar-refractivity contribution in [3.63, 3.8) is 0 Å². The van der Waals surface area contributed by atoms with E-state index in [1.807, 2.05) is 25.8 Å². The highest BCUT2D eigenvalue weighted by Gasteiger charge is 2.38. The van der Waals surface area contributed by atoms with E-state index in [2.05, 4.69) is 12.2 Å². The van der Waals surface area contributed by atoms with E-state index in [4.69, 9.17) is 0 Å². The first-order valence-electron chi connectivity index (χ1n) is 4.94. The minimum Gasteiger partial charge on any atom is -0.341 e. The maximum Gasteiger partial charge on any atom is 0.228 e. The fourth-order valence-electron chi connectivity index (χ4n) is 1.65. The number of nitrogens with one attached hydrogen (secondary N) is 1. The Morgan fingerprint density at radius 3 is 2.62 bits per heavy atom. The van der Waals surface area contributed by atoms with Gasteiger partial charge in [-0.15, -0.1) is 0 Å². The second kappa shape index (κ2) is 3.66. The average Bonchev–Trinajstić information content (AvgIpc) is 2.32. The normalized spacial score (nSPS) is 23.7. The predicted molar refractivity (Wildman–Crippen MR) is 53.5 cm³/mol. The zero-order chi connectivity index (χ0) is 10.1. The van der Waals surface area contributed by atoms with Gasteiger partial charge < -0.3 is 10.2 Å². The van der Waals surface area contributed by atoms with Crippen molar-refractivity contribution in [3.8, 4) is 0 Å². The van der Waals surface area contributed by atoms with E-state index < -0.39 is 0 Å². The van der Waals surface area contributed by atoms with Gasteiger partial charge in [-0.3, -0.25) is 4.79 Å². The zero-order valence-electron chi connectivity index (χ0n) is 9.05. The van der Waals surface area contributed by atoms with Crippen molar-refractivity contribution < 1.29 is 4.79 Å². The SMILES string of the molecule is CNC(C)CN1CCC(C)(C)C1=O. The molecule has 0 aromatic heterocycles. The van der Waals surface area contributed by atoms with Crippen LogP contribution in [-0.4, -0.2) is 37.0 Å². The van der Waals surface area contributed by atoms with E-state index in [0.717, 1.165) is 19.5 Å². The van der Waals surface area contributed by atoms with Crippen LogP contribution in [-0.2, 0) is 4.79 Å². The van der Waals surface area contributed by atoms with Gasteiger partial charge in [0.1, 0.15) is 0 Å². The summed E-state index contributed by atoms with van der Waals surface area (Å²) < 4.78 is 0. The van der Waals surface area contributed by atoms with Crippen LogP contribution in [0.4, 0.5) is 0 Å². The molecule has 1 aliphatic rings. The third-order valence-electron chi connectivity index (χ3n) is 2.86. The first-order chi connectivity index (χ1) is 5.97. The molecule has 1 atom stereocenters. The zero-order valence-corrected chi connectivity index (χ0v) is 9.05. The molecule has 0 bridgehead atoms. The number of nitrogens with zero attached hydrogens (tertiary/aromatic N) is 1. The summed E-state index contributed by atoms with van der Waals surface area (Å²) in [4.78, 5) is 13.7. The molecular formula is C10H20N2O. The van der Waals surface area contributed by atoms with Gasteiger partial charge in [0.05, 0.1) is 0 Å². The van der Waals surface area contributed by atoms with E-state index in [0.29, 0.717) is 11.9 Å². The van der Waals surface area contributed by atoms with E-state index >= 15 is 0 Å². The Morgan fingerprint density at radius 2 is 2.23 bits per heavy atom. The van der Waals surface area contributed by atoms with Crippen molar-refractivity contribution in [1.29, 1.82) is 0 Å². The Balaban J connectivity index is 2.51. The van der Waals surface area contributed by atoms with Crippen LogP contribution in [0.5, 0.6) is 0 Å². The first kappa shape index (κ1) is 10.5. The van der Waals surface area contributed by atoms with Crippen LogP contribution in [0.3, 0.4) is 0 Å². The van der Waals surface area contributed by atoms with Gasteiger partial charge in [0.15, 0.2) is 0 Å². The molecule has 76 valence electrons. The molecule has 1 heterocycles. The number of likely N-dealkylation sites (N-methyl/N-ethyl adjacent to an activating group) is 1. The second-order valence-electron chi connectivity index (χ2n) is 4.57. The van der Waals surface area contributed by atoms with E-state index in [1.54, 1.807) is 0 Å². The Bertz CT molecular complexity index is 201. The predicted octanol–water partition coefficient (Wildman–Crippen LogP) is 0.853. The molecule has 1 rings (SSSR count). The Labute approximate surface area is 80.5 Å². The van der Waals surface area contributed by atoms with Crippen molar-refractivity contribution in [2.75, 3.05) is 20.1 Å². The monoisotopic (exact) mass is 184 g/mol. The summed E-state index contributed by atoms with van der Waals surface area (Å²) >= 11 is 0. The van der Waals surface area contributed by atoms with Crippen molar-refractivity contribution in [2.24, 2.45) is 5.41 Å². The van der Waals surface area contributed by atoms with Gasteiger partial charge in [0, 0.05) is 24.5 Å². The largest absolute Gasteiger partial charge is 0.341 e. The standard InChI is InChI=1S/C10H20N2O/c1-8(11-4)7-12-6-5-10(2,3)9(12)13/h8,11H,5-7H2,1-4H3. The van der Waals surface area contributed by atoms with Crippen molar-refractivity contribution >= 4 is 5.91 Å². The smallest absolute Gasteiger partial charge is 0.228 e. The summed E-state index contributed by atoms with van der Waals surface area (Å²) in [6, 6.07) is 0.387. The molecule has 1 fully saturated rings. The molecule has 1 N–H and O–H groups in total. The van der Waals surface area contributed by atoms with Crippen molar-refractivity contribution in [3.05, 3.63) is 0 Å². The summed E-state index contributed by atoms with van der Waals surface area (Å²) in [6.07, 6.45) is 0.988. The van der Waals surface area contributed by atoms with Gasteiger partial charge in [-0.05, 0) is 20.4 Å². The van der Waals surface area contributed by atoms with Crippen molar-refractivity contribution in [1.82, 2.24) is 10.2 Å². The summed E-state index contributed by atoms with van der Waals surface area (Å²) in [5.74, 6) is 0.301. The van der Waals surface area contributed by atoms with Gasteiger partial charge in [-0.1, -0.05) is 13.8 Å². The summed E-state index contributed by atoms with van der Waals surface area (Å²) in [5, 5.41) is 3.15. The lowest BCUT2D eigenvalue weighted by Gasteiger charge is -2.22. The summed E-state index contributed by atoms with van der Waals surface area (Å²) in [5.41, 5.74) is -0.131. The second-order valence-corrected chi connectivity index (χ2v) is 4.57. The van der Waals surface area contributed by atoms with Crippen LogP contribution in [0.25, 0.3) is 0 Å². The Morgan fingerprint density at radius 1 is 1.62 bits per heavy atom. The molecule has 1 unspecified atom stereocenters. The molecule has 0 saturated carbocycles. The molecule has 13 heavy (non-hydrogen) atoms. The van der Waals surface area contributed by atoms with Crippen LogP contribution < -0.4 is 5.32 Å². The lowest BCUT2D eigenvalue weighted by molar-refractivity contribution is -0.134. The van der Waals surface area contributed by atoms with E-state index in [-0.39, 0.29) is 5.41 Å². The minimum atomic E-state index is -0.131. The van der Waals surface area contributed by atoms with Gasteiger partial charge in [0.2, 0.25) is 5.91 Å². The Hall–Kier alpha value is -0.570. The van der Waals surface area contributed by atoms with Gasteiger partial charge in [0.25, 0.3) is 0 Å². The fourth-order valence-corrected chi connectivity index (χ4v) is 1.65. The molecule has 0 aromatic rings. The van der Waals surface area contributed by atoms with Crippen LogP contribution in [0.15, 0.2) is 0 Å². The maximum absolute atomic E-state index is 11.8. The highest BCUT2D eigenvalue weighted by molar-refractivity contribution is 5.84. The molecule has 0 aliphatic carbocycles. The van der Waals surface area contributed by atoms with Crippen molar-refractivity contribution in [2.45, 2.75) is 33.2 Å². The number of carbonyl (C=O) groups is 1. The summed E-state index contributed by atoms with van der Waals surface area (Å²) in [6.45, 7) is 7.90. The number of hydrogen-bond acceptors (Lipinski definition) is 2. The van der Waals surface area contributed by atoms with Gasteiger partial charge in [-0.2, -0.15) is 0 Å². The maximum atomic E-state index is 11.8. The third-order valence-corrected chi connectivity index (χ3v) is 2.86. The molecule has 1 amide bonds. The quantitative estimate of drug-likeness (QED) is 0.705. The number of amides is 1. The van der Waals surface area contributed by atoms with Crippen LogP contribution in [0.1, 0.15) is 27.2 Å². The molecule has 3 heteroatoms. The topological polar surface area (TPSA) is 32.3 Å². The van der Waals surface area contributed by atoms with Crippen LogP contribution in [0.2, 0.25) is 0 Å². The third kappa shape index (κ3) is 2.21. The van der Waals surface area contributed by atoms with Gasteiger partial charge >= 0.3 is 0 Å². The first-order valence-corrected chi connectivity index (χ1v) is 4.94. The van der Waals surface area contributed by atoms with Crippen LogP contribution >= 0.6 is 0 Å². The van der Waals surface area contributed by atoms with Gasteiger partial charge in [-0.25, -0.2) is 0 Å². The lowest BCUT2D eigenvalue weighted by atomic mass is 9.92. The number of rotatable bonds is 3. The number of hydrogen-bond donors (Lipinski definition) is 1. The highest BCUT2D eigenvalue weighted by atomic mass is 16.2. The van der Waals surface area contributed by atoms with Crippen LogP contribution in [0, 0.1) is 5.41 Å². The lowest BCUT2D eigenvalue weighted by Crippen LogP contribution is -2.40. The highest BCUT2D eigenvalue weighted by Crippen LogP contribution is 2.30. The number of likely N-dealkylation sites (tertiary alicyclic amines) is 1. The fraction of sp³-hybridized carbons (Fsp3) is 0.900. The van der Waals surface area contributed by atoms with E-state index in [9.17, 15) is 4.79 Å². The minimum absolute atomic E-state index is 0.131. The molecule has 0 aromatic carbocycles. The molecule has 1 saturated heterocycles. The molecule has 3 nitrogen and oxygen atoms in total. The molecular weight excluding hydrogens is 164 g/mol. The van der Waals surface area contributed by atoms with E-state index in [1.165, 1.54) is 0 Å². The molecule has 0 radical (unpaired) electrons. The summed E-state index contributed by atoms with van der Waals surface area (Å²) in [7, 11) is 1.93. The Kier molecular flexibility index (Phi) is 2.96. The molecule has 1 aliphatic heterocycles. The number of carbonyl (C=O) groups excluding carboxylic acids is 1. The average molecular weight is 184 g/mol.